The van der Waals surface area contributed by atoms with Crippen LogP contribution in [0.15, 0.2) is 237 Å². The summed E-state index contributed by atoms with van der Waals surface area (Å²) >= 11 is 0. The molecule has 0 unspecified atom stereocenters. The van der Waals surface area contributed by atoms with Gasteiger partial charge in [0.25, 0.3) is 0 Å². The van der Waals surface area contributed by atoms with Gasteiger partial charge in [0.15, 0.2) is 0 Å². The van der Waals surface area contributed by atoms with Crippen molar-refractivity contribution in [1.29, 1.82) is 0 Å². The normalized spacial score (nSPS) is 11.2. The zero-order chi connectivity index (χ0) is 38.0. The number of hydrogen-bond donors (Lipinski definition) is 0. The fourth-order valence-corrected chi connectivity index (χ4v) is 8.22. The lowest BCUT2D eigenvalue weighted by atomic mass is 9.89. The molecule has 1 heteroatoms. The molecule has 0 bridgehead atoms. The van der Waals surface area contributed by atoms with Gasteiger partial charge < -0.3 is 4.90 Å². The van der Waals surface area contributed by atoms with Crippen LogP contribution in [-0.2, 0) is 0 Å². The molecule has 1 nitrogen and oxygen atoms in total. The Kier molecular flexibility index (Phi) is 8.95. The highest BCUT2D eigenvalue weighted by Gasteiger charge is 2.17. The summed E-state index contributed by atoms with van der Waals surface area (Å²) in [5.41, 5.74) is 15.4. The molecule has 0 atom stereocenters. The molecule has 0 aliphatic heterocycles. The summed E-state index contributed by atoms with van der Waals surface area (Å²) in [6.45, 7) is 0. The highest BCUT2D eigenvalue weighted by molar-refractivity contribution is 6.04. The van der Waals surface area contributed by atoms with Crippen molar-refractivity contribution in [3.8, 4) is 55.6 Å². The van der Waals surface area contributed by atoms with E-state index in [1.165, 1.54) is 77.2 Å². The minimum atomic E-state index is 1.10. The summed E-state index contributed by atoms with van der Waals surface area (Å²) < 4.78 is 0. The van der Waals surface area contributed by atoms with Crippen molar-refractivity contribution in [2.24, 2.45) is 0 Å². The first-order valence-electron chi connectivity index (χ1n) is 19.6. The number of anilines is 3. The number of fused-ring (bicyclic) bond motifs is 2. The average Bonchev–Trinajstić information content (AvgIpc) is 3.30. The smallest absolute Gasteiger partial charge is 0.0462 e. The molecule has 10 rings (SSSR count). The predicted octanol–water partition coefficient (Wildman–Crippen LogP) is 15.8. The predicted molar refractivity (Wildman–Crippen MR) is 243 cm³/mol. The molecule has 0 saturated carbocycles. The summed E-state index contributed by atoms with van der Waals surface area (Å²) in [6.07, 6.45) is 0. The minimum Gasteiger partial charge on any atom is -0.311 e. The Morgan fingerprint density at radius 1 is 0.211 bits per heavy atom. The van der Waals surface area contributed by atoms with Crippen molar-refractivity contribution in [3.05, 3.63) is 237 Å². The maximum Gasteiger partial charge on any atom is 0.0462 e. The van der Waals surface area contributed by atoms with Crippen LogP contribution in [0.1, 0.15) is 0 Å². The second-order valence-corrected chi connectivity index (χ2v) is 14.5. The monoisotopic (exact) mass is 725 g/mol. The molecule has 0 saturated heterocycles. The Bertz CT molecular complexity index is 2940. The minimum absolute atomic E-state index is 1.10. The van der Waals surface area contributed by atoms with Crippen LogP contribution in [0.2, 0.25) is 0 Å². The molecule has 268 valence electrons. The van der Waals surface area contributed by atoms with Crippen molar-refractivity contribution in [2.45, 2.75) is 0 Å². The van der Waals surface area contributed by atoms with Crippen molar-refractivity contribution in [1.82, 2.24) is 0 Å². The van der Waals surface area contributed by atoms with E-state index >= 15 is 0 Å². The lowest BCUT2D eigenvalue weighted by Crippen LogP contribution is -2.09. The molecule has 57 heavy (non-hydrogen) atoms. The first-order chi connectivity index (χ1) is 28.3. The third-order valence-electron chi connectivity index (χ3n) is 11.1. The first-order valence-corrected chi connectivity index (χ1v) is 19.6. The van der Waals surface area contributed by atoms with E-state index in [0.717, 1.165) is 17.1 Å². The van der Waals surface area contributed by atoms with Gasteiger partial charge in [0.2, 0.25) is 0 Å². The summed E-state index contributed by atoms with van der Waals surface area (Å²) in [7, 11) is 0. The third kappa shape index (κ3) is 6.66. The summed E-state index contributed by atoms with van der Waals surface area (Å²) in [5.74, 6) is 0. The standard InChI is InChI=1S/C56H39N/c1-3-12-40(13-4-1)41-22-24-42(25-23-41)43-26-33-49(34-27-43)57(50-35-28-47(29-36-50)53-21-11-18-44-16-7-9-19-52(44)53)51-37-30-48(31-38-51)56-54-20-10-8-17-46(54)32-39-55(56)45-14-5-2-6-15-45/h1-39H. The van der Waals surface area contributed by atoms with Crippen LogP contribution in [0.5, 0.6) is 0 Å². The molecule has 0 aromatic heterocycles. The number of nitrogens with zero attached hydrogens (tertiary/aromatic N) is 1. The van der Waals surface area contributed by atoms with Gasteiger partial charge in [0.1, 0.15) is 0 Å². The molecule has 0 aliphatic carbocycles. The lowest BCUT2D eigenvalue weighted by molar-refractivity contribution is 1.28. The molecule has 0 fully saturated rings. The van der Waals surface area contributed by atoms with Crippen molar-refractivity contribution in [3.63, 3.8) is 0 Å². The van der Waals surface area contributed by atoms with E-state index < -0.39 is 0 Å². The van der Waals surface area contributed by atoms with Gasteiger partial charge >= 0.3 is 0 Å². The zero-order valence-electron chi connectivity index (χ0n) is 31.5. The largest absolute Gasteiger partial charge is 0.311 e. The Morgan fingerprint density at radius 3 is 1.18 bits per heavy atom. The van der Waals surface area contributed by atoms with Gasteiger partial charge in [-0.2, -0.15) is 0 Å². The topological polar surface area (TPSA) is 3.24 Å². The van der Waals surface area contributed by atoms with E-state index in [9.17, 15) is 0 Å². The second-order valence-electron chi connectivity index (χ2n) is 14.5. The molecule has 0 N–H and O–H groups in total. The lowest BCUT2D eigenvalue weighted by Gasteiger charge is -2.26. The van der Waals surface area contributed by atoms with Gasteiger partial charge in [-0.1, -0.05) is 200 Å². The quantitative estimate of drug-likeness (QED) is 0.151. The van der Waals surface area contributed by atoms with E-state index in [1.54, 1.807) is 0 Å². The van der Waals surface area contributed by atoms with E-state index in [4.69, 9.17) is 0 Å². The van der Waals surface area contributed by atoms with Crippen LogP contribution in [0.25, 0.3) is 77.2 Å². The number of benzene rings is 10. The fraction of sp³-hybridized carbons (Fsp3) is 0. The Balaban J connectivity index is 1.05. The molecule has 10 aromatic carbocycles. The Hall–Kier alpha value is -7.48. The molecule has 0 radical (unpaired) electrons. The number of hydrogen-bond acceptors (Lipinski definition) is 1. The van der Waals surface area contributed by atoms with E-state index in [2.05, 4.69) is 241 Å². The van der Waals surface area contributed by atoms with Crippen LogP contribution < -0.4 is 4.90 Å². The first kappa shape index (κ1) is 34.0. The van der Waals surface area contributed by atoms with Gasteiger partial charge in [0.05, 0.1) is 0 Å². The van der Waals surface area contributed by atoms with Crippen LogP contribution in [0.3, 0.4) is 0 Å². The molecular weight excluding hydrogens is 687 g/mol. The second kappa shape index (κ2) is 15.0. The molecule has 0 amide bonds. The highest BCUT2D eigenvalue weighted by Crippen LogP contribution is 2.42. The Morgan fingerprint density at radius 2 is 0.596 bits per heavy atom. The van der Waals surface area contributed by atoms with Crippen LogP contribution in [0, 0.1) is 0 Å². The van der Waals surface area contributed by atoms with Gasteiger partial charge in [-0.05, 0) is 114 Å². The maximum absolute atomic E-state index is 2.36. The average molecular weight is 726 g/mol. The van der Waals surface area contributed by atoms with E-state index in [0.29, 0.717) is 0 Å². The van der Waals surface area contributed by atoms with Crippen LogP contribution in [0.4, 0.5) is 17.1 Å². The van der Waals surface area contributed by atoms with E-state index in [1.807, 2.05) is 0 Å². The third-order valence-corrected chi connectivity index (χ3v) is 11.1. The molecular formula is C56H39N. The van der Waals surface area contributed by atoms with Gasteiger partial charge in [0, 0.05) is 17.1 Å². The highest BCUT2D eigenvalue weighted by atomic mass is 15.1. The molecule has 10 aromatic rings. The Labute approximate surface area is 334 Å². The van der Waals surface area contributed by atoms with Gasteiger partial charge in [-0.25, -0.2) is 0 Å². The zero-order valence-corrected chi connectivity index (χ0v) is 31.5. The number of rotatable bonds is 8. The molecule has 0 spiro atoms. The van der Waals surface area contributed by atoms with Crippen molar-refractivity contribution < 1.29 is 0 Å². The summed E-state index contributed by atoms with van der Waals surface area (Å²) in [5, 5.41) is 4.99. The van der Waals surface area contributed by atoms with Crippen LogP contribution >= 0.6 is 0 Å². The van der Waals surface area contributed by atoms with Crippen molar-refractivity contribution >= 4 is 38.6 Å². The molecule has 0 aliphatic rings. The summed E-state index contributed by atoms with van der Waals surface area (Å²) in [6, 6.07) is 85.5. The van der Waals surface area contributed by atoms with Gasteiger partial charge in [-0.3, -0.25) is 0 Å². The fourth-order valence-electron chi connectivity index (χ4n) is 8.22. The molecule has 0 heterocycles. The van der Waals surface area contributed by atoms with Crippen LogP contribution in [-0.4, -0.2) is 0 Å². The summed E-state index contributed by atoms with van der Waals surface area (Å²) in [4.78, 5) is 2.36. The van der Waals surface area contributed by atoms with Gasteiger partial charge in [-0.15, -0.1) is 0 Å². The van der Waals surface area contributed by atoms with E-state index in [-0.39, 0.29) is 0 Å². The maximum atomic E-state index is 2.36. The SMILES string of the molecule is c1ccc(-c2ccc(-c3ccc(N(c4ccc(-c5cccc6ccccc56)cc4)c4ccc(-c5c(-c6ccccc6)ccc6ccccc56)cc4)cc3)cc2)cc1. The van der Waals surface area contributed by atoms with Crippen molar-refractivity contribution in [2.75, 3.05) is 4.90 Å².